The maximum atomic E-state index is 12.4. The SMILES string of the molecule is COC(=O)N=Nc1ccc(F)cc1. The Morgan fingerprint density at radius 1 is 1.38 bits per heavy atom. The molecule has 1 rings (SSSR count). The van der Waals surface area contributed by atoms with Crippen LogP contribution in [0.2, 0.25) is 0 Å². The normalized spacial score (nSPS) is 10.3. The minimum Gasteiger partial charge on any atom is -0.450 e. The number of benzene rings is 1. The van der Waals surface area contributed by atoms with Gasteiger partial charge in [0.25, 0.3) is 0 Å². The lowest BCUT2D eigenvalue weighted by molar-refractivity contribution is 0.181. The fourth-order valence-electron chi connectivity index (χ4n) is 0.647. The van der Waals surface area contributed by atoms with Crippen LogP contribution in [-0.2, 0) is 4.74 Å². The third-order valence-electron chi connectivity index (χ3n) is 1.25. The van der Waals surface area contributed by atoms with Crippen molar-refractivity contribution in [3.8, 4) is 0 Å². The molecule has 0 unspecified atom stereocenters. The lowest BCUT2D eigenvalue weighted by atomic mass is 10.3. The Labute approximate surface area is 74.0 Å². The third kappa shape index (κ3) is 2.98. The smallest absolute Gasteiger partial charge is 0.450 e. The van der Waals surface area contributed by atoms with E-state index in [2.05, 4.69) is 15.0 Å². The summed E-state index contributed by atoms with van der Waals surface area (Å²) < 4.78 is 16.6. The van der Waals surface area contributed by atoms with Crippen LogP contribution in [0.15, 0.2) is 34.5 Å². The summed E-state index contributed by atoms with van der Waals surface area (Å²) in [5.41, 5.74) is 0.395. The number of nitrogens with zero attached hydrogens (tertiary/aromatic N) is 2. The molecular weight excluding hydrogens is 175 g/mol. The van der Waals surface area contributed by atoms with E-state index >= 15 is 0 Å². The van der Waals surface area contributed by atoms with E-state index in [1.165, 1.54) is 31.4 Å². The highest BCUT2D eigenvalue weighted by atomic mass is 19.1. The molecule has 13 heavy (non-hydrogen) atoms. The Balaban J connectivity index is 2.69. The molecule has 0 heterocycles. The van der Waals surface area contributed by atoms with Crippen LogP contribution in [0.1, 0.15) is 0 Å². The van der Waals surface area contributed by atoms with E-state index in [-0.39, 0.29) is 5.82 Å². The van der Waals surface area contributed by atoms with Crippen molar-refractivity contribution in [3.05, 3.63) is 30.1 Å². The first-order chi connectivity index (χ1) is 6.22. The molecule has 0 aliphatic rings. The van der Waals surface area contributed by atoms with E-state index in [4.69, 9.17) is 0 Å². The van der Waals surface area contributed by atoms with E-state index in [9.17, 15) is 9.18 Å². The molecule has 0 bridgehead atoms. The number of methoxy groups -OCH3 is 1. The molecule has 0 saturated carbocycles. The lowest BCUT2D eigenvalue weighted by Gasteiger charge is -1.90. The second-order valence-electron chi connectivity index (χ2n) is 2.15. The van der Waals surface area contributed by atoms with Gasteiger partial charge in [0, 0.05) is 0 Å². The Morgan fingerprint density at radius 3 is 2.54 bits per heavy atom. The molecule has 4 nitrogen and oxygen atoms in total. The fraction of sp³-hybridized carbons (Fsp3) is 0.125. The predicted octanol–water partition coefficient (Wildman–Crippen LogP) is 2.68. The van der Waals surface area contributed by atoms with Crippen LogP contribution in [0, 0.1) is 5.82 Å². The minimum atomic E-state index is -0.788. The molecule has 0 aliphatic heterocycles. The summed E-state index contributed by atoms with van der Waals surface area (Å²) >= 11 is 0. The number of hydrogen-bond acceptors (Lipinski definition) is 3. The maximum absolute atomic E-state index is 12.4. The van der Waals surface area contributed by atoms with Crippen molar-refractivity contribution >= 4 is 11.8 Å². The van der Waals surface area contributed by atoms with Crippen molar-refractivity contribution in [2.75, 3.05) is 7.11 Å². The third-order valence-corrected chi connectivity index (χ3v) is 1.25. The van der Waals surface area contributed by atoms with Gasteiger partial charge >= 0.3 is 6.09 Å². The van der Waals surface area contributed by atoms with Gasteiger partial charge in [-0.3, -0.25) is 0 Å². The van der Waals surface area contributed by atoms with Crippen LogP contribution >= 0.6 is 0 Å². The van der Waals surface area contributed by atoms with Gasteiger partial charge in [-0.25, -0.2) is 9.18 Å². The number of ether oxygens (including phenoxy) is 1. The van der Waals surface area contributed by atoms with E-state index < -0.39 is 6.09 Å². The molecule has 1 aromatic rings. The van der Waals surface area contributed by atoms with Crippen molar-refractivity contribution in [3.63, 3.8) is 0 Å². The van der Waals surface area contributed by atoms with E-state index in [0.717, 1.165) is 0 Å². The molecule has 0 saturated heterocycles. The summed E-state index contributed by atoms with van der Waals surface area (Å²) in [4.78, 5) is 10.5. The first kappa shape index (κ1) is 9.31. The second-order valence-corrected chi connectivity index (χ2v) is 2.15. The maximum Gasteiger partial charge on any atom is 0.452 e. The van der Waals surface area contributed by atoms with E-state index in [1.54, 1.807) is 0 Å². The molecule has 68 valence electrons. The van der Waals surface area contributed by atoms with E-state index in [1.807, 2.05) is 0 Å². The first-order valence-corrected chi connectivity index (χ1v) is 3.47. The topological polar surface area (TPSA) is 51.0 Å². The fourth-order valence-corrected chi connectivity index (χ4v) is 0.647. The standard InChI is InChI=1S/C8H7FN2O2/c1-13-8(12)11-10-7-4-2-6(9)3-5-7/h2-5H,1H3. The van der Waals surface area contributed by atoms with Gasteiger partial charge in [0.15, 0.2) is 0 Å². The molecule has 5 heteroatoms. The van der Waals surface area contributed by atoms with Crippen molar-refractivity contribution in [2.24, 2.45) is 10.2 Å². The van der Waals surface area contributed by atoms with Crippen molar-refractivity contribution in [1.82, 2.24) is 0 Å². The summed E-state index contributed by atoms with van der Waals surface area (Å²) in [6.45, 7) is 0. The molecule has 1 amide bonds. The zero-order chi connectivity index (χ0) is 9.68. The van der Waals surface area contributed by atoms with Crippen molar-refractivity contribution < 1.29 is 13.9 Å². The second kappa shape index (κ2) is 4.30. The van der Waals surface area contributed by atoms with Gasteiger partial charge in [-0.1, -0.05) is 5.11 Å². The molecule has 0 atom stereocenters. The number of hydrogen-bond donors (Lipinski definition) is 0. The zero-order valence-electron chi connectivity index (χ0n) is 6.90. The summed E-state index contributed by atoms with van der Waals surface area (Å²) in [5, 5.41) is 6.69. The van der Waals surface area contributed by atoms with Crippen LogP contribution < -0.4 is 0 Å². The van der Waals surface area contributed by atoms with E-state index in [0.29, 0.717) is 5.69 Å². The Kier molecular flexibility index (Phi) is 3.08. The Bertz CT molecular complexity index is 321. The van der Waals surface area contributed by atoms with Gasteiger partial charge in [-0.2, -0.15) is 0 Å². The molecule has 0 fully saturated rings. The monoisotopic (exact) mass is 182 g/mol. The average Bonchev–Trinajstić information content (AvgIpc) is 2.16. The number of azo groups is 1. The summed E-state index contributed by atoms with van der Waals surface area (Å²) in [5.74, 6) is -0.364. The lowest BCUT2D eigenvalue weighted by Crippen LogP contribution is -1.89. The highest BCUT2D eigenvalue weighted by molar-refractivity contribution is 5.67. The molecular formula is C8H7FN2O2. The molecule has 0 aromatic heterocycles. The summed E-state index contributed by atoms with van der Waals surface area (Å²) in [6.07, 6.45) is -0.788. The van der Waals surface area contributed by atoms with Crippen LogP contribution in [0.3, 0.4) is 0 Å². The molecule has 0 radical (unpaired) electrons. The van der Waals surface area contributed by atoms with Gasteiger partial charge in [0.1, 0.15) is 5.82 Å². The number of carbonyl (C=O) groups excluding carboxylic acids is 1. The minimum absolute atomic E-state index is 0.364. The van der Waals surface area contributed by atoms with Gasteiger partial charge in [-0.05, 0) is 24.3 Å². The molecule has 0 N–H and O–H groups in total. The zero-order valence-corrected chi connectivity index (χ0v) is 6.90. The largest absolute Gasteiger partial charge is 0.452 e. The number of halogens is 1. The van der Waals surface area contributed by atoms with Crippen LogP contribution in [-0.4, -0.2) is 13.2 Å². The quantitative estimate of drug-likeness (QED) is 0.627. The summed E-state index contributed by atoms with van der Waals surface area (Å²) in [6, 6.07) is 5.26. The van der Waals surface area contributed by atoms with Gasteiger partial charge in [0.2, 0.25) is 0 Å². The number of rotatable bonds is 1. The van der Waals surface area contributed by atoms with Crippen LogP contribution in [0.5, 0.6) is 0 Å². The van der Waals surface area contributed by atoms with Gasteiger partial charge in [0.05, 0.1) is 12.8 Å². The van der Waals surface area contributed by atoms with Crippen molar-refractivity contribution in [2.45, 2.75) is 0 Å². The average molecular weight is 182 g/mol. The highest BCUT2D eigenvalue weighted by Gasteiger charge is 1.94. The van der Waals surface area contributed by atoms with Crippen LogP contribution in [0.25, 0.3) is 0 Å². The van der Waals surface area contributed by atoms with Gasteiger partial charge < -0.3 is 4.74 Å². The Morgan fingerprint density at radius 2 is 2.00 bits per heavy atom. The molecule has 0 spiro atoms. The Hall–Kier alpha value is -1.78. The molecule has 0 aliphatic carbocycles. The van der Waals surface area contributed by atoms with Gasteiger partial charge in [-0.15, -0.1) is 5.11 Å². The first-order valence-electron chi connectivity index (χ1n) is 3.47. The highest BCUT2D eigenvalue weighted by Crippen LogP contribution is 2.12. The predicted molar refractivity (Wildman–Crippen MR) is 43.3 cm³/mol. The number of carbonyl (C=O) groups is 1. The van der Waals surface area contributed by atoms with Crippen LogP contribution in [0.4, 0.5) is 14.9 Å². The summed E-state index contributed by atoms with van der Waals surface area (Å²) in [7, 11) is 1.20. The number of amides is 1. The van der Waals surface area contributed by atoms with Crippen molar-refractivity contribution in [1.29, 1.82) is 0 Å². The molecule has 1 aromatic carbocycles.